The number of ether oxygens (including phenoxy) is 1. The number of carbonyl (C=O) groups is 1. The summed E-state index contributed by atoms with van der Waals surface area (Å²) in [6, 6.07) is 7.83. The van der Waals surface area contributed by atoms with E-state index in [2.05, 4.69) is 15.9 Å². The number of carbonyl (C=O) groups excluding carboxylic acids is 1. The van der Waals surface area contributed by atoms with Crippen molar-refractivity contribution in [2.24, 2.45) is 0 Å². The molecule has 70 valence electrons. The highest BCUT2D eigenvalue weighted by atomic mass is 79.9. The van der Waals surface area contributed by atoms with Crippen molar-refractivity contribution in [1.82, 2.24) is 0 Å². The van der Waals surface area contributed by atoms with Crippen molar-refractivity contribution < 1.29 is 9.53 Å². The Bertz CT molecular complexity index is 297. The molecule has 0 aliphatic carbocycles. The van der Waals surface area contributed by atoms with Crippen LogP contribution in [0.25, 0.3) is 0 Å². The van der Waals surface area contributed by atoms with E-state index >= 15 is 0 Å². The van der Waals surface area contributed by atoms with Gasteiger partial charge in [-0.3, -0.25) is 4.79 Å². The Hall–Kier alpha value is -0.670. The SMILES string of the molecule is CC(=O)COCc1cccc(Br)c1. The second-order valence-electron chi connectivity index (χ2n) is 2.82. The van der Waals surface area contributed by atoms with Crippen LogP contribution in [0.4, 0.5) is 0 Å². The zero-order valence-corrected chi connectivity index (χ0v) is 9.00. The van der Waals surface area contributed by atoms with Crippen LogP contribution in [0.5, 0.6) is 0 Å². The van der Waals surface area contributed by atoms with Gasteiger partial charge in [0.15, 0.2) is 5.78 Å². The molecule has 2 nitrogen and oxygen atoms in total. The summed E-state index contributed by atoms with van der Waals surface area (Å²) < 4.78 is 6.19. The zero-order chi connectivity index (χ0) is 9.68. The molecule has 0 radical (unpaired) electrons. The first-order chi connectivity index (χ1) is 6.18. The molecule has 1 aromatic carbocycles. The first-order valence-electron chi connectivity index (χ1n) is 4.00. The minimum Gasteiger partial charge on any atom is -0.369 e. The molecule has 0 N–H and O–H groups in total. The molecule has 0 aromatic heterocycles. The van der Waals surface area contributed by atoms with Crippen LogP contribution in [-0.4, -0.2) is 12.4 Å². The van der Waals surface area contributed by atoms with Crippen molar-refractivity contribution in [3.05, 3.63) is 34.3 Å². The van der Waals surface area contributed by atoms with Crippen LogP contribution >= 0.6 is 15.9 Å². The summed E-state index contributed by atoms with van der Waals surface area (Å²) in [6.45, 7) is 2.19. The summed E-state index contributed by atoms with van der Waals surface area (Å²) in [5, 5.41) is 0. The summed E-state index contributed by atoms with van der Waals surface area (Å²) in [5.74, 6) is 0.0509. The van der Waals surface area contributed by atoms with E-state index in [4.69, 9.17) is 4.74 Å². The molecule has 1 rings (SSSR count). The summed E-state index contributed by atoms with van der Waals surface area (Å²) in [5.41, 5.74) is 1.07. The molecule has 0 unspecified atom stereocenters. The predicted octanol–water partition coefficient (Wildman–Crippen LogP) is 2.55. The van der Waals surface area contributed by atoms with Crippen LogP contribution in [0.1, 0.15) is 12.5 Å². The van der Waals surface area contributed by atoms with Gasteiger partial charge in [-0.05, 0) is 24.6 Å². The Morgan fingerprint density at radius 1 is 1.54 bits per heavy atom. The molecule has 0 atom stereocenters. The van der Waals surface area contributed by atoms with Crippen LogP contribution in [0.3, 0.4) is 0 Å². The Morgan fingerprint density at radius 2 is 2.31 bits per heavy atom. The fourth-order valence-corrected chi connectivity index (χ4v) is 1.39. The molecule has 0 aliphatic heterocycles. The number of ketones is 1. The van der Waals surface area contributed by atoms with E-state index < -0.39 is 0 Å². The maximum Gasteiger partial charge on any atom is 0.155 e. The molecule has 0 bridgehead atoms. The molecule has 13 heavy (non-hydrogen) atoms. The van der Waals surface area contributed by atoms with Gasteiger partial charge in [0.25, 0.3) is 0 Å². The highest BCUT2D eigenvalue weighted by Crippen LogP contribution is 2.12. The normalized spacial score (nSPS) is 10.0. The monoisotopic (exact) mass is 242 g/mol. The number of halogens is 1. The smallest absolute Gasteiger partial charge is 0.155 e. The fourth-order valence-electron chi connectivity index (χ4n) is 0.939. The van der Waals surface area contributed by atoms with E-state index in [1.165, 1.54) is 6.92 Å². The molecule has 0 heterocycles. The van der Waals surface area contributed by atoms with E-state index in [1.54, 1.807) is 0 Å². The number of Topliss-reactive ketones (excluding diaryl/α,β-unsaturated/α-hetero) is 1. The van der Waals surface area contributed by atoms with E-state index in [0.29, 0.717) is 6.61 Å². The average molecular weight is 243 g/mol. The summed E-state index contributed by atoms with van der Waals surface area (Å²) in [4.78, 5) is 10.6. The minimum atomic E-state index is 0.0509. The highest BCUT2D eigenvalue weighted by Gasteiger charge is 1.96. The molecule has 0 aliphatic rings. The van der Waals surface area contributed by atoms with E-state index in [1.807, 2.05) is 24.3 Å². The number of hydrogen-bond donors (Lipinski definition) is 0. The van der Waals surface area contributed by atoms with Crippen molar-refractivity contribution in [3.8, 4) is 0 Å². The van der Waals surface area contributed by atoms with Gasteiger partial charge in [-0.25, -0.2) is 0 Å². The molecule has 0 saturated heterocycles. The van der Waals surface area contributed by atoms with Gasteiger partial charge in [0, 0.05) is 4.47 Å². The Balaban J connectivity index is 2.41. The third-order valence-electron chi connectivity index (χ3n) is 1.46. The average Bonchev–Trinajstić information content (AvgIpc) is 2.03. The molecule has 0 saturated carbocycles. The molecule has 0 spiro atoms. The topological polar surface area (TPSA) is 26.3 Å². The van der Waals surface area contributed by atoms with Crippen molar-refractivity contribution in [1.29, 1.82) is 0 Å². The minimum absolute atomic E-state index is 0.0509. The quantitative estimate of drug-likeness (QED) is 0.812. The van der Waals surface area contributed by atoms with Crippen molar-refractivity contribution in [3.63, 3.8) is 0 Å². The number of benzene rings is 1. The van der Waals surface area contributed by atoms with Gasteiger partial charge >= 0.3 is 0 Å². The second kappa shape index (κ2) is 5.14. The Kier molecular flexibility index (Phi) is 4.12. The third kappa shape index (κ3) is 4.20. The second-order valence-corrected chi connectivity index (χ2v) is 3.74. The van der Waals surface area contributed by atoms with Crippen LogP contribution in [-0.2, 0) is 16.1 Å². The van der Waals surface area contributed by atoms with Gasteiger partial charge in [0.1, 0.15) is 6.61 Å². The lowest BCUT2D eigenvalue weighted by molar-refractivity contribution is -0.121. The summed E-state index contributed by atoms with van der Waals surface area (Å²) in [6.07, 6.45) is 0. The molecule has 0 fully saturated rings. The van der Waals surface area contributed by atoms with Gasteiger partial charge in [0.2, 0.25) is 0 Å². The van der Waals surface area contributed by atoms with Crippen LogP contribution in [0.2, 0.25) is 0 Å². The van der Waals surface area contributed by atoms with Gasteiger partial charge in [-0.15, -0.1) is 0 Å². The van der Waals surface area contributed by atoms with Crippen molar-refractivity contribution in [2.75, 3.05) is 6.61 Å². The van der Waals surface area contributed by atoms with Crippen molar-refractivity contribution in [2.45, 2.75) is 13.5 Å². The van der Waals surface area contributed by atoms with E-state index in [-0.39, 0.29) is 12.4 Å². The fraction of sp³-hybridized carbons (Fsp3) is 0.300. The van der Waals surface area contributed by atoms with Gasteiger partial charge < -0.3 is 4.74 Å². The molecule has 0 amide bonds. The largest absolute Gasteiger partial charge is 0.369 e. The molecule has 1 aromatic rings. The molecular weight excluding hydrogens is 232 g/mol. The van der Waals surface area contributed by atoms with Crippen LogP contribution < -0.4 is 0 Å². The lowest BCUT2D eigenvalue weighted by Crippen LogP contribution is -2.03. The standard InChI is InChI=1S/C10H11BrO2/c1-8(12)6-13-7-9-3-2-4-10(11)5-9/h2-5H,6-7H2,1H3. The van der Waals surface area contributed by atoms with Crippen LogP contribution in [0, 0.1) is 0 Å². The molecule has 3 heteroatoms. The molecular formula is C10H11BrO2. The van der Waals surface area contributed by atoms with Gasteiger partial charge in [0.05, 0.1) is 6.61 Å². The summed E-state index contributed by atoms with van der Waals surface area (Å²) in [7, 11) is 0. The van der Waals surface area contributed by atoms with Crippen LogP contribution in [0.15, 0.2) is 28.7 Å². The zero-order valence-electron chi connectivity index (χ0n) is 7.42. The third-order valence-corrected chi connectivity index (χ3v) is 1.96. The van der Waals surface area contributed by atoms with Gasteiger partial charge in [-0.1, -0.05) is 28.1 Å². The van der Waals surface area contributed by atoms with E-state index in [0.717, 1.165) is 10.0 Å². The maximum atomic E-state index is 10.6. The number of rotatable bonds is 4. The maximum absolute atomic E-state index is 10.6. The lowest BCUT2D eigenvalue weighted by atomic mass is 10.2. The Morgan fingerprint density at radius 3 is 2.92 bits per heavy atom. The number of hydrogen-bond acceptors (Lipinski definition) is 2. The lowest BCUT2D eigenvalue weighted by Gasteiger charge is -2.01. The predicted molar refractivity (Wildman–Crippen MR) is 54.5 cm³/mol. The summed E-state index contributed by atoms with van der Waals surface area (Å²) >= 11 is 3.36. The van der Waals surface area contributed by atoms with Gasteiger partial charge in [-0.2, -0.15) is 0 Å². The first-order valence-corrected chi connectivity index (χ1v) is 4.79. The van der Waals surface area contributed by atoms with Crippen molar-refractivity contribution >= 4 is 21.7 Å². The Labute approximate surface area is 86.0 Å². The highest BCUT2D eigenvalue weighted by molar-refractivity contribution is 9.10. The first kappa shape index (κ1) is 10.4. The van der Waals surface area contributed by atoms with E-state index in [9.17, 15) is 4.79 Å².